The van der Waals surface area contributed by atoms with Crippen molar-refractivity contribution in [3.63, 3.8) is 0 Å². The molecule has 4 bridgehead atoms. The summed E-state index contributed by atoms with van der Waals surface area (Å²) >= 11 is 0. The lowest BCUT2D eigenvalue weighted by Crippen LogP contribution is -2.53. The van der Waals surface area contributed by atoms with Crippen molar-refractivity contribution in [3.05, 3.63) is 0 Å². The Morgan fingerprint density at radius 3 is 2.00 bits per heavy atom. The van der Waals surface area contributed by atoms with Gasteiger partial charge in [0.1, 0.15) is 0 Å². The van der Waals surface area contributed by atoms with Crippen LogP contribution >= 0.6 is 0 Å². The highest BCUT2D eigenvalue weighted by atomic mass is 16.5. The van der Waals surface area contributed by atoms with Crippen LogP contribution in [0.4, 0.5) is 0 Å². The van der Waals surface area contributed by atoms with E-state index in [1.807, 2.05) is 0 Å². The lowest BCUT2D eigenvalue weighted by Gasteiger charge is -2.58. The topological polar surface area (TPSA) is 29.5 Å². The van der Waals surface area contributed by atoms with Crippen LogP contribution in [0.5, 0.6) is 0 Å². The number of ether oxygens (including phenoxy) is 1. The molecule has 0 amide bonds. The number of hydrogen-bond donors (Lipinski definition) is 1. The summed E-state index contributed by atoms with van der Waals surface area (Å²) < 4.78 is 5.88. The van der Waals surface area contributed by atoms with Gasteiger partial charge in [0.25, 0.3) is 0 Å². The first-order valence-electron chi connectivity index (χ1n) is 8.03. The fourth-order valence-corrected chi connectivity index (χ4v) is 5.53. The maximum atomic E-state index is 10.7. The van der Waals surface area contributed by atoms with Crippen molar-refractivity contribution < 1.29 is 9.84 Å². The van der Waals surface area contributed by atoms with Crippen molar-refractivity contribution in [2.75, 3.05) is 6.61 Å². The zero-order valence-corrected chi connectivity index (χ0v) is 11.3. The Kier molecular flexibility index (Phi) is 2.74. The van der Waals surface area contributed by atoms with E-state index in [1.54, 1.807) is 0 Å². The second-order valence-corrected chi connectivity index (χ2v) is 7.68. The van der Waals surface area contributed by atoms with E-state index in [0.29, 0.717) is 12.7 Å². The number of aliphatic hydroxyl groups is 1. The van der Waals surface area contributed by atoms with Crippen LogP contribution in [0.2, 0.25) is 0 Å². The van der Waals surface area contributed by atoms with Crippen LogP contribution in [0, 0.1) is 23.2 Å². The summed E-state index contributed by atoms with van der Waals surface area (Å²) in [4.78, 5) is 0. The molecule has 0 aromatic rings. The highest BCUT2D eigenvalue weighted by Crippen LogP contribution is 2.61. The maximum absolute atomic E-state index is 10.7. The van der Waals surface area contributed by atoms with Crippen LogP contribution in [0.15, 0.2) is 0 Å². The van der Waals surface area contributed by atoms with Gasteiger partial charge < -0.3 is 9.84 Å². The largest absolute Gasteiger partial charge is 0.390 e. The molecule has 0 saturated heterocycles. The molecule has 18 heavy (non-hydrogen) atoms. The smallest absolute Gasteiger partial charge is 0.0830 e. The van der Waals surface area contributed by atoms with E-state index in [9.17, 15) is 5.11 Å². The van der Waals surface area contributed by atoms with E-state index in [4.69, 9.17) is 4.74 Å². The SMILES string of the molecule is OC(COC1CCC1)C12CC3CC(CC(C3)C1)C2. The molecule has 1 atom stereocenters. The van der Waals surface area contributed by atoms with Gasteiger partial charge in [-0.05, 0) is 81.0 Å². The van der Waals surface area contributed by atoms with Crippen LogP contribution in [0.3, 0.4) is 0 Å². The first-order chi connectivity index (χ1) is 8.73. The monoisotopic (exact) mass is 250 g/mol. The fraction of sp³-hybridized carbons (Fsp3) is 1.00. The highest BCUT2D eigenvalue weighted by molar-refractivity contribution is 5.04. The molecule has 0 heterocycles. The van der Waals surface area contributed by atoms with Gasteiger partial charge in [-0.1, -0.05) is 0 Å². The maximum Gasteiger partial charge on any atom is 0.0830 e. The van der Waals surface area contributed by atoms with Gasteiger partial charge in [-0.2, -0.15) is 0 Å². The number of rotatable bonds is 4. The molecule has 102 valence electrons. The molecule has 5 aliphatic carbocycles. The van der Waals surface area contributed by atoms with E-state index in [2.05, 4.69) is 0 Å². The zero-order chi connectivity index (χ0) is 12.2. The Morgan fingerprint density at radius 1 is 1.00 bits per heavy atom. The Balaban J connectivity index is 1.42. The van der Waals surface area contributed by atoms with Crippen LogP contribution in [0.1, 0.15) is 57.8 Å². The van der Waals surface area contributed by atoms with E-state index < -0.39 is 0 Å². The normalized spacial score (nSPS) is 48.2. The molecule has 5 fully saturated rings. The van der Waals surface area contributed by atoms with Gasteiger partial charge in [-0.3, -0.25) is 0 Å². The third-order valence-electron chi connectivity index (χ3n) is 6.33. The summed E-state index contributed by atoms with van der Waals surface area (Å²) in [5.41, 5.74) is 0.249. The molecule has 0 aromatic heterocycles. The average Bonchev–Trinajstić information content (AvgIpc) is 2.24. The molecule has 1 unspecified atom stereocenters. The summed E-state index contributed by atoms with van der Waals surface area (Å²) in [7, 11) is 0. The molecule has 1 N–H and O–H groups in total. The van der Waals surface area contributed by atoms with Crippen LogP contribution in [0.25, 0.3) is 0 Å². The van der Waals surface area contributed by atoms with E-state index >= 15 is 0 Å². The van der Waals surface area contributed by atoms with E-state index in [1.165, 1.54) is 57.8 Å². The van der Waals surface area contributed by atoms with Crippen molar-refractivity contribution in [3.8, 4) is 0 Å². The van der Waals surface area contributed by atoms with Gasteiger partial charge in [0, 0.05) is 0 Å². The lowest BCUT2D eigenvalue weighted by atomic mass is 9.48. The minimum Gasteiger partial charge on any atom is -0.390 e. The number of hydrogen-bond acceptors (Lipinski definition) is 2. The second kappa shape index (κ2) is 4.21. The fourth-order valence-electron chi connectivity index (χ4n) is 5.53. The molecule has 0 radical (unpaired) electrons. The van der Waals surface area contributed by atoms with Gasteiger partial charge in [0.05, 0.1) is 18.8 Å². The van der Waals surface area contributed by atoms with E-state index in [0.717, 1.165) is 17.8 Å². The summed E-state index contributed by atoms with van der Waals surface area (Å²) in [5, 5.41) is 10.7. The summed E-state index contributed by atoms with van der Waals surface area (Å²) in [6, 6.07) is 0. The first-order valence-corrected chi connectivity index (χ1v) is 8.03. The molecule has 5 saturated carbocycles. The lowest BCUT2D eigenvalue weighted by molar-refractivity contribution is -0.151. The summed E-state index contributed by atoms with van der Waals surface area (Å²) in [6.07, 6.45) is 12.2. The predicted octanol–water partition coefficient (Wildman–Crippen LogP) is 3.13. The molecule has 2 heteroatoms. The molecule has 5 aliphatic rings. The van der Waals surface area contributed by atoms with Gasteiger partial charge >= 0.3 is 0 Å². The van der Waals surface area contributed by atoms with Crippen molar-refractivity contribution in [2.24, 2.45) is 23.2 Å². The second-order valence-electron chi connectivity index (χ2n) is 7.68. The standard InChI is InChI=1S/C16H26O2/c17-15(10-18-14-2-1-3-14)16-7-11-4-12(8-16)6-13(5-11)9-16/h11-15,17H,1-10H2. The molecule has 0 spiro atoms. The van der Waals surface area contributed by atoms with Gasteiger partial charge in [-0.15, -0.1) is 0 Å². The predicted molar refractivity (Wildman–Crippen MR) is 70.2 cm³/mol. The molecule has 5 rings (SSSR count). The zero-order valence-electron chi connectivity index (χ0n) is 11.3. The van der Waals surface area contributed by atoms with Gasteiger partial charge in [0.2, 0.25) is 0 Å². The Labute approximate surface area is 110 Å². The summed E-state index contributed by atoms with van der Waals surface area (Å²) in [5.74, 6) is 2.78. The minimum atomic E-state index is -0.188. The average molecular weight is 250 g/mol. The van der Waals surface area contributed by atoms with Crippen LogP contribution in [-0.2, 0) is 4.74 Å². The van der Waals surface area contributed by atoms with Gasteiger partial charge in [0.15, 0.2) is 0 Å². The van der Waals surface area contributed by atoms with Crippen LogP contribution in [-0.4, -0.2) is 23.9 Å². The van der Waals surface area contributed by atoms with Crippen molar-refractivity contribution >= 4 is 0 Å². The van der Waals surface area contributed by atoms with Crippen molar-refractivity contribution in [1.29, 1.82) is 0 Å². The Morgan fingerprint density at radius 2 is 1.56 bits per heavy atom. The Hall–Kier alpha value is -0.0800. The van der Waals surface area contributed by atoms with E-state index in [-0.39, 0.29) is 11.5 Å². The molecule has 2 nitrogen and oxygen atoms in total. The third kappa shape index (κ3) is 1.84. The molecule has 0 aromatic carbocycles. The molecular weight excluding hydrogens is 224 g/mol. The Bertz CT molecular complexity index is 286. The summed E-state index contributed by atoms with van der Waals surface area (Å²) in [6.45, 7) is 0.608. The number of aliphatic hydroxyl groups excluding tert-OH is 1. The highest BCUT2D eigenvalue weighted by Gasteiger charge is 2.54. The first kappa shape index (κ1) is 11.7. The van der Waals surface area contributed by atoms with Gasteiger partial charge in [-0.25, -0.2) is 0 Å². The van der Waals surface area contributed by atoms with Crippen molar-refractivity contribution in [1.82, 2.24) is 0 Å². The third-order valence-corrected chi connectivity index (χ3v) is 6.33. The molecule has 0 aliphatic heterocycles. The molecular formula is C16H26O2. The minimum absolute atomic E-state index is 0.188. The van der Waals surface area contributed by atoms with Crippen LogP contribution < -0.4 is 0 Å². The quantitative estimate of drug-likeness (QED) is 0.830. The van der Waals surface area contributed by atoms with Crippen molar-refractivity contribution in [2.45, 2.75) is 70.0 Å².